The molecule has 0 N–H and O–H groups in total. The van der Waals surface area contributed by atoms with E-state index in [9.17, 15) is 4.79 Å². The first-order valence-corrected chi connectivity index (χ1v) is 6.25. The molecule has 1 heterocycles. The molecule has 1 saturated heterocycles. The second-order valence-corrected chi connectivity index (χ2v) is 5.09. The third-order valence-corrected chi connectivity index (χ3v) is 3.26. The molecule has 2 unspecified atom stereocenters. The van der Waals surface area contributed by atoms with Crippen LogP contribution >= 0.6 is 0 Å². The molecule has 0 aliphatic carbocycles. The maximum atomic E-state index is 11.5. The van der Waals surface area contributed by atoms with Gasteiger partial charge in [0.1, 0.15) is 5.78 Å². The van der Waals surface area contributed by atoms with Crippen LogP contribution in [0.3, 0.4) is 0 Å². The summed E-state index contributed by atoms with van der Waals surface area (Å²) >= 11 is 0. The summed E-state index contributed by atoms with van der Waals surface area (Å²) in [6, 6.07) is 2.65. The lowest BCUT2D eigenvalue weighted by Gasteiger charge is -2.38. The van der Waals surface area contributed by atoms with Gasteiger partial charge in [-0.05, 0) is 25.2 Å². The van der Waals surface area contributed by atoms with Crippen LogP contribution in [0.1, 0.15) is 46.5 Å². The minimum Gasteiger partial charge on any atom is -0.298 e. The van der Waals surface area contributed by atoms with Crippen LogP contribution in [0.2, 0.25) is 0 Å². The molecule has 1 aliphatic heterocycles. The number of Topliss-reactive ketones (excluding diaryl/α,β-unsaturated/α-hetero) is 1. The lowest BCUT2D eigenvalue weighted by Crippen LogP contribution is -2.49. The van der Waals surface area contributed by atoms with Gasteiger partial charge >= 0.3 is 0 Å². The van der Waals surface area contributed by atoms with Gasteiger partial charge in [-0.3, -0.25) is 9.69 Å². The molecule has 0 spiro atoms. The van der Waals surface area contributed by atoms with Crippen LogP contribution in [-0.2, 0) is 4.79 Å². The van der Waals surface area contributed by atoms with E-state index in [4.69, 9.17) is 5.26 Å². The van der Waals surface area contributed by atoms with Crippen LogP contribution < -0.4 is 0 Å². The van der Waals surface area contributed by atoms with Crippen LogP contribution in [0.25, 0.3) is 0 Å². The normalized spacial score (nSPS) is 24.4. The fourth-order valence-electron chi connectivity index (χ4n) is 2.47. The van der Waals surface area contributed by atoms with E-state index >= 15 is 0 Å². The molecule has 0 radical (unpaired) electrons. The Bertz CT molecular complexity index is 280. The third-order valence-electron chi connectivity index (χ3n) is 3.26. The molecule has 0 aromatic rings. The van der Waals surface area contributed by atoms with Gasteiger partial charge in [0.15, 0.2) is 0 Å². The Kier molecular flexibility index (Phi) is 4.95. The maximum Gasteiger partial charge on any atom is 0.146 e. The molecule has 0 amide bonds. The number of nitrogens with zero attached hydrogens (tertiary/aromatic N) is 2. The SMILES string of the molecule is CCC(C#N)N1CC(=O)CCC1CC(C)C. The van der Waals surface area contributed by atoms with Crippen molar-refractivity contribution in [3.8, 4) is 6.07 Å². The number of ketones is 1. The number of hydrogen-bond acceptors (Lipinski definition) is 3. The summed E-state index contributed by atoms with van der Waals surface area (Å²) in [6.45, 7) is 6.88. The molecular weight excluding hydrogens is 200 g/mol. The quantitative estimate of drug-likeness (QED) is 0.733. The van der Waals surface area contributed by atoms with Crippen LogP contribution in [-0.4, -0.2) is 29.3 Å². The predicted molar refractivity (Wildman–Crippen MR) is 63.9 cm³/mol. The zero-order valence-corrected chi connectivity index (χ0v) is 10.6. The topological polar surface area (TPSA) is 44.1 Å². The molecule has 0 bridgehead atoms. The molecule has 1 aliphatic rings. The summed E-state index contributed by atoms with van der Waals surface area (Å²) in [5, 5.41) is 9.11. The van der Waals surface area contributed by atoms with Crippen LogP contribution in [0, 0.1) is 17.2 Å². The largest absolute Gasteiger partial charge is 0.298 e. The summed E-state index contributed by atoms with van der Waals surface area (Å²) in [5.41, 5.74) is 0. The number of likely N-dealkylation sites (tertiary alicyclic amines) is 1. The third kappa shape index (κ3) is 3.31. The fraction of sp³-hybridized carbons (Fsp3) is 0.846. The van der Waals surface area contributed by atoms with Gasteiger partial charge in [0.25, 0.3) is 0 Å². The fourth-order valence-corrected chi connectivity index (χ4v) is 2.47. The maximum absolute atomic E-state index is 11.5. The summed E-state index contributed by atoms with van der Waals surface area (Å²) < 4.78 is 0. The van der Waals surface area contributed by atoms with Crippen molar-refractivity contribution in [3.63, 3.8) is 0 Å². The number of hydrogen-bond donors (Lipinski definition) is 0. The summed E-state index contributed by atoms with van der Waals surface area (Å²) in [6.07, 6.45) is 3.51. The van der Waals surface area contributed by atoms with Crippen molar-refractivity contribution >= 4 is 5.78 Å². The van der Waals surface area contributed by atoms with E-state index in [0.717, 1.165) is 19.3 Å². The standard InChI is InChI=1S/C13H22N2O/c1-4-11(8-14)15-9-13(16)6-5-12(15)7-10(2)3/h10-12H,4-7,9H2,1-3H3. The molecule has 1 fully saturated rings. The number of piperidine rings is 1. The second kappa shape index (κ2) is 6.00. The van der Waals surface area contributed by atoms with Gasteiger partial charge < -0.3 is 0 Å². The zero-order chi connectivity index (χ0) is 12.1. The number of carbonyl (C=O) groups is 1. The summed E-state index contributed by atoms with van der Waals surface area (Å²) in [4.78, 5) is 13.6. The van der Waals surface area contributed by atoms with E-state index in [1.807, 2.05) is 6.92 Å². The molecule has 90 valence electrons. The summed E-state index contributed by atoms with van der Waals surface area (Å²) in [5.74, 6) is 0.908. The smallest absolute Gasteiger partial charge is 0.146 e. The van der Waals surface area contributed by atoms with Crippen molar-refractivity contribution in [2.75, 3.05) is 6.54 Å². The van der Waals surface area contributed by atoms with Crippen molar-refractivity contribution in [2.24, 2.45) is 5.92 Å². The monoisotopic (exact) mass is 222 g/mol. The van der Waals surface area contributed by atoms with Crippen molar-refractivity contribution in [2.45, 2.75) is 58.5 Å². The molecule has 0 aromatic heterocycles. The minimum atomic E-state index is -0.0898. The average molecular weight is 222 g/mol. The van der Waals surface area contributed by atoms with Crippen molar-refractivity contribution < 1.29 is 4.79 Å². The molecule has 3 heteroatoms. The van der Waals surface area contributed by atoms with Crippen molar-refractivity contribution in [1.29, 1.82) is 5.26 Å². The Balaban J connectivity index is 2.72. The van der Waals surface area contributed by atoms with Crippen molar-refractivity contribution in [3.05, 3.63) is 0 Å². The van der Waals surface area contributed by atoms with Gasteiger partial charge in [-0.1, -0.05) is 20.8 Å². The van der Waals surface area contributed by atoms with Crippen molar-refractivity contribution in [1.82, 2.24) is 4.90 Å². The molecule has 0 saturated carbocycles. The van der Waals surface area contributed by atoms with E-state index in [-0.39, 0.29) is 11.8 Å². The highest BCUT2D eigenvalue weighted by molar-refractivity contribution is 5.81. The first-order valence-electron chi connectivity index (χ1n) is 6.25. The Labute approximate surface area is 98.4 Å². The van der Waals surface area contributed by atoms with E-state index in [1.54, 1.807) is 0 Å². The summed E-state index contributed by atoms with van der Waals surface area (Å²) in [7, 11) is 0. The van der Waals surface area contributed by atoms with E-state index in [1.165, 1.54) is 0 Å². The Morgan fingerprint density at radius 2 is 2.25 bits per heavy atom. The van der Waals surface area contributed by atoms with Gasteiger partial charge in [-0.2, -0.15) is 5.26 Å². The Hall–Kier alpha value is -0.880. The van der Waals surface area contributed by atoms with Gasteiger partial charge in [-0.25, -0.2) is 0 Å². The van der Waals surface area contributed by atoms with Crippen LogP contribution in [0.4, 0.5) is 0 Å². The molecule has 0 aromatic carbocycles. The molecule has 1 rings (SSSR count). The minimum absolute atomic E-state index is 0.0898. The molecule has 2 atom stereocenters. The van der Waals surface area contributed by atoms with Crippen LogP contribution in [0.5, 0.6) is 0 Å². The molecule has 3 nitrogen and oxygen atoms in total. The Morgan fingerprint density at radius 1 is 1.56 bits per heavy atom. The van der Waals surface area contributed by atoms with Gasteiger partial charge in [-0.15, -0.1) is 0 Å². The van der Waals surface area contributed by atoms with E-state index in [2.05, 4.69) is 24.8 Å². The van der Waals surface area contributed by atoms with Gasteiger partial charge in [0.05, 0.1) is 18.7 Å². The van der Waals surface area contributed by atoms with Gasteiger partial charge in [0, 0.05) is 12.5 Å². The zero-order valence-electron chi connectivity index (χ0n) is 10.6. The van der Waals surface area contributed by atoms with E-state index in [0.29, 0.717) is 24.9 Å². The lowest BCUT2D eigenvalue weighted by molar-refractivity contribution is -0.124. The second-order valence-electron chi connectivity index (χ2n) is 5.09. The van der Waals surface area contributed by atoms with Gasteiger partial charge in [0.2, 0.25) is 0 Å². The first-order chi connectivity index (χ1) is 7.58. The predicted octanol–water partition coefficient (Wildman–Crippen LogP) is 2.37. The number of carbonyl (C=O) groups excluding carboxylic acids is 1. The van der Waals surface area contributed by atoms with Crippen LogP contribution in [0.15, 0.2) is 0 Å². The highest BCUT2D eigenvalue weighted by Crippen LogP contribution is 2.24. The Morgan fingerprint density at radius 3 is 2.75 bits per heavy atom. The van der Waals surface area contributed by atoms with E-state index < -0.39 is 0 Å². The molecule has 16 heavy (non-hydrogen) atoms. The number of rotatable bonds is 4. The highest BCUT2D eigenvalue weighted by atomic mass is 16.1. The average Bonchev–Trinajstić information content (AvgIpc) is 2.23. The highest BCUT2D eigenvalue weighted by Gasteiger charge is 2.31. The molecular formula is C13H22N2O. The lowest BCUT2D eigenvalue weighted by atomic mass is 9.92. The number of nitriles is 1. The first kappa shape index (κ1) is 13.2.